The molecule has 6 aromatic heterocycles. The number of nitrogen functional groups attached to an aromatic ring is 1. The number of imidazole rings is 3. The highest BCUT2D eigenvalue weighted by Gasteiger charge is 2.22. The number of amides is 4. The SMILES string of the molecule is Cc1ccc(-c2cccn3c(-c4ccccc4)cnc23)cc1C(=O)Nc1ccc(F)cc1.Cc1ccc(-c2cccn3c(Cl)cnc23)cc1C(=O)Nc1ccc(F)cc1.Cc1ccc(B(O)O)cc1C(=O)Nc1ccc(F)cc1.Cc1ccc(B(O)O)cc1C(=O)Nc1ccc(F)cc1.Cc1ccc(B(O)O)cc1C(=O)O.Clc1cnc2c(Br)cccn12.Nc1ccc(F)cc1. The molecule has 17 aromatic rings. The molecular weight excluding hydrogens is 1790 g/mol. The van der Waals surface area contributed by atoms with E-state index in [0.29, 0.717) is 77.7 Å². The number of carboxylic acid groups (broad SMARTS) is 1. The standard InChI is InChI=1S/C27H20FN3O.C21H15ClFN3O.2C14H13BFNO3.C8H9BO4.C7H4BrClN2.C6H6FN/c1-18-9-10-20(16-24(18)27(32)30-22-13-11-21(28)12-14-22)23-8-5-15-31-25(17-29-26(23)31)19-6-3-2-4-7-19;1-13-4-5-14(17-3-2-10-26-19(22)12-24-20(17)26)11-18(13)21(27)25-16-8-6-15(23)7-9-16;2*1-9-2-3-10(15(19)20)8-13(9)14(18)17-12-6-4-11(16)5-7-12;1-5-2-3-6(9(12)13)4-7(5)8(10)11;8-5-2-1-3-11-6(9)4-10-7(5)11;7-5-1-3-6(8)4-2-5/h2-17H,1H3,(H,30,32);2-12H,1H3,(H,25,27);2*2-8,19-20H,1H3,(H,17,18);2-4,12-13H,1H3,(H,10,11);1-4H;1-4H,8H2. The molecule has 0 aliphatic carbocycles. The predicted octanol–water partition coefficient (Wildman–Crippen LogP) is 17.4. The van der Waals surface area contributed by atoms with Crippen LogP contribution in [-0.4, -0.2) is 114 Å². The normalized spacial score (nSPS) is 10.5. The lowest BCUT2D eigenvalue weighted by atomic mass is 9.79. The number of benzene rings is 11. The summed E-state index contributed by atoms with van der Waals surface area (Å²) in [6.45, 7) is 8.90. The van der Waals surface area contributed by atoms with Crippen molar-refractivity contribution in [3.63, 3.8) is 0 Å². The number of hydrogen-bond acceptors (Lipinski definition) is 15. The highest BCUT2D eigenvalue weighted by molar-refractivity contribution is 9.10. The summed E-state index contributed by atoms with van der Waals surface area (Å²) in [6, 6.07) is 74.6. The Balaban J connectivity index is 0.000000153. The lowest BCUT2D eigenvalue weighted by molar-refractivity contribution is 0.0695. The fourth-order valence-electron chi connectivity index (χ4n) is 12.8. The van der Waals surface area contributed by atoms with Crippen LogP contribution in [-0.2, 0) is 0 Å². The van der Waals surface area contributed by atoms with Gasteiger partial charge in [0.05, 0.1) is 34.3 Å². The minimum Gasteiger partial charge on any atom is -0.478 e. The number of pyridine rings is 3. The Morgan fingerprint density at radius 2 is 0.641 bits per heavy atom. The van der Waals surface area contributed by atoms with Gasteiger partial charge in [0.25, 0.3) is 23.6 Å². The van der Waals surface area contributed by atoms with Crippen LogP contribution < -0.4 is 43.4 Å². The van der Waals surface area contributed by atoms with Crippen LogP contribution in [0.15, 0.2) is 321 Å². The van der Waals surface area contributed by atoms with Gasteiger partial charge in [0.2, 0.25) is 0 Å². The smallest absolute Gasteiger partial charge is 0.478 e. The number of aryl methyl sites for hydroxylation is 5. The fraction of sp³-hybridized carbons (Fsp3) is 0.0515. The third kappa shape index (κ3) is 26.3. The second-order valence-electron chi connectivity index (χ2n) is 29.1. The van der Waals surface area contributed by atoms with Gasteiger partial charge >= 0.3 is 27.3 Å². The van der Waals surface area contributed by atoms with Gasteiger partial charge in [0.15, 0.2) is 5.65 Å². The number of carbonyl (C=O) groups is 5. The van der Waals surface area contributed by atoms with Gasteiger partial charge in [-0.1, -0.05) is 114 Å². The van der Waals surface area contributed by atoms with Gasteiger partial charge in [-0.3, -0.25) is 32.4 Å². The number of carboxylic acids is 1. The monoisotopic (exact) mass is 1870 g/mol. The van der Waals surface area contributed by atoms with E-state index >= 15 is 0 Å². The minimum atomic E-state index is -1.63. The van der Waals surface area contributed by atoms with E-state index in [2.05, 4.69) is 68.7 Å². The van der Waals surface area contributed by atoms with Crippen molar-refractivity contribution >= 4 is 152 Å². The molecule has 0 saturated carbocycles. The van der Waals surface area contributed by atoms with Crippen LogP contribution >= 0.6 is 39.1 Å². The van der Waals surface area contributed by atoms with Crippen LogP contribution in [0, 0.1) is 63.7 Å². The van der Waals surface area contributed by atoms with Crippen molar-refractivity contribution in [1.82, 2.24) is 28.2 Å². The molecule has 0 atom stereocenters. The van der Waals surface area contributed by atoms with Crippen molar-refractivity contribution in [3.8, 4) is 33.5 Å². The van der Waals surface area contributed by atoms with Crippen molar-refractivity contribution in [2.24, 2.45) is 0 Å². The number of fused-ring (bicyclic) bond motifs is 3. The van der Waals surface area contributed by atoms with Crippen LogP contribution in [0.25, 0.3) is 50.5 Å². The van der Waals surface area contributed by atoms with Gasteiger partial charge in [-0.25, -0.2) is 41.7 Å². The molecule has 6 heterocycles. The molecule has 131 heavy (non-hydrogen) atoms. The van der Waals surface area contributed by atoms with E-state index in [0.717, 1.165) is 66.1 Å². The first kappa shape index (κ1) is 96.9. The second-order valence-corrected chi connectivity index (χ2v) is 30.7. The van der Waals surface area contributed by atoms with Gasteiger partial charge < -0.3 is 62.3 Å². The zero-order valence-electron chi connectivity index (χ0n) is 70.2. The molecule has 0 aliphatic rings. The molecule has 11 aromatic carbocycles. The average Bonchev–Trinajstić information content (AvgIpc) is 1.64. The number of nitrogens with two attached hydrogens (primary N) is 1. The van der Waals surface area contributed by atoms with Gasteiger partial charge in [-0.05, 0) is 294 Å². The number of halogens is 8. The van der Waals surface area contributed by atoms with Crippen molar-refractivity contribution in [2.75, 3.05) is 27.0 Å². The Bertz CT molecular complexity index is 6780. The first-order valence-corrected chi connectivity index (χ1v) is 41.3. The molecule has 34 heteroatoms. The van der Waals surface area contributed by atoms with Crippen LogP contribution in [0.5, 0.6) is 0 Å². The van der Waals surface area contributed by atoms with E-state index in [9.17, 15) is 45.9 Å². The topological polar surface area (TPSA) is 353 Å². The van der Waals surface area contributed by atoms with Crippen LogP contribution in [0.3, 0.4) is 0 Å². The van der Waals surface area contributed by atoms with E-state index in [4.69, 9.17) is 64.2 Å². The Morgan fingerprint density at radius 1 is 0.344 bits per heavy atom. The van der Waals surface area contributed by atoms with E-state index in [1.54, 1.807) is 61.8 Å². The van der Waals surface area contributed by atoms with Crippen molar-refractivity contribution in [1.29, 1.82) is 0 Å². The summed E-state index contributed by atoms with van der Waals surface area (Å²) in [7, 11) is -4.89. The summed E-state index contributed by atoms with van der Waals surface area (Å²) >= 11 is 15.3. The molecule has 17 rings (SSSR count). The predicted molar refractivity (Wildman–Crippen MR) is 507 cm³/mol. The average molecular weight is 1870 g/mol. The lowest BCUT2D eigenvalue weighted by Gasteiger charge is -2.11. The highest BCUT2D eigenvalue weighted by Crippen LogP contribution is 2.32. The molecule has 0 aliphatic heterocycles. The molecule has 4 amide bonds. The van der Waals surface area contributed by atoms with Crippen LogP contribution in [0.4, 0.5) is 50.4 Å². The molecule has 0 bridgehead atoms. The Kier molecular flexibility index (Phi) is 33.5. The van der Waals surface area contributed by atoms with Crippen LogP contribution in [0.2, 0.25) is 10.3 Å². The first-order chi connectivity index (χ1) is 62.7. The Morgan fingerprint density at radius 3 is 0.992 bits per heavy atom. The minimum absolute atomic E-state index is 0.0885. The molecule has 0 spiro atoms. The molecule has 660 valence electrons. The number of hydrogen-bond donors (Lipinski definition) is 12. The van der Waals surface area contributed by atoms with Gasteiger partial charge in [-0.15, -0.1) is 0 Å². The second kappa shape index (κ2) is 45.3. The van der Waals surface area contributed by atoms with Gasteiger partial charge in [0, 0.05) is 86.0 Å². The number of rotatable bonds is 15. The van der Waals surface area contributed by atoms with Crippen molar-refractivity contribution in [2.45, 2.75) is 34.6 Å². The number of aromatic carboxylic acids is 1. The lowest BCUT2D eigenvalue weighted by Crippen LogP contribution is -2.31. The summed E-state index contributed by atoms with van der Waals surface area (Å²) in [5.41, 5.74) is 22.1. The van der Waals surface area contributed by atoms with E-state index in [-0.39, 0.29) is 62.9 Å². The molecule has 0 unspecified atom stereocenters. The maximum atomic E-state index is 13.2. The molecule has 0 saturated heterocycles. The molecule has 0 radical (unpaired) electrons. The number of aromatic nitrogens is 6. The van der Waals surface area contributed by atoms with E-state index in [1.165, 1.54) is 152 Å². The van der Waals surface area contributed by atoms with E-state index < -0.39 is 39.1 Å². The maximum absolute atomic E-state index is 13.2. The summed E-state index contributed by atoms with van der Waals surface area (Å²) in [6.07, 6.45) is 10.8. The van der Waals surface area contributed by atoms with Gasteiger partial charge in [0.1, 0.15) is 50.7 Å². The largest absolute Gasteiger partial charge is 0.488 e. The van der Waals surface area contributed by atoms with Crippen molar-refractivity contribution in [3.05, 3.63) is 416 Å². The Labute approximate surface area is 767 Å². The van der Waals surface area contributed by atoms with E-state index in [1.807, 2.05) is 134 Å². The molecule has 13 N–H and O–H groups in total. The summed E-state index contributed by atoms with van der Waals surface area (Å²) in [5, 5.41) is 74.8. The molecule has 23 nitrogen and oxygen atoms in total. The number of carbonyl (C=O) groups excluding carboxylic acids is 4. The molecular formula is C97H80B3BrCl2F5N11O12. The number of anilines is 5. The zero-order chi connectivity index (χ0) is 94.3. The quantitative estimate of drug-likeness (QED) is 0.0258. The first-order valence-electron chi connectivity index (χ1n) is 39.7. The highest BCUT2D eigenvalue weighted by atomic mass is 79.9. The third-order valence-corrected chi connectivity index (χ3v) is 21.0. The van der Waals surface area contributed by atoms with Crippen molar-refractivity contribution < 1.29 is 81.2 Å². The third-order valence-electron chi connectivity index (χ3n) is 19.8. The Hall–Kier alpha value is -14.7. The number of nitrogens with zero attached hydrogens (tertiary/aromatic N) is 6. The van der Waals surface area contributed by atoms with Crippen LogP contribution in [0.1, 0.15) is 79.6 Å². The summed E-state index contributed by atoms with van der Waals surface area (Å²) in [4.78, 5) is 73.7. The van der Waals surface area contributed by atoms with Gasteiger partial charge in [-0.2, -0.15) is 0 Å². The summed E-state index contributed by atoms with van der Waals surface area (Å²) < 4.78 is 70.4. The fourth-order valence-corrected chi connectivity index (χ4v) is 13.6. The summed E-state index contributed by atoms with van der Waals surface area (Å²) in [5.74, 6) is -4.06. The number of nitrogens with one attached hydrogen (secondary N) is 4. The molecule has 0 fully saturated rings. The maximum Gasteiger partial charge on any atom is 0.488 e. The zero-order valence-corrected chi connectivity index (χ0v) is 73.3.